The van der Waals surface area contributed by atoms with E-state index in [9.17, 15) is 26.5 Å². The van der Waals surface area contributed by atoms with Crippen molar-refractivity contribution in [3.8, 4) is 35.7 Å². The lowest BCUT2D eigenvalue weighted by Gasteiger charge is -2.22. The molecule has 0 fully saturated rings. The van der Waals surface area contributed by atoms with Crippen LogP contribution in [-0.2, 0) is 13.1 Å². The van der Waals surface area contributed by atoms with E-state index >= 15 is 0 Å². The second-order valence-electron chi connectivity index (χ2n) is 11.2. The van der Waals surface area contributed by atoms with Gasteiger partial charge in [-0.3, -0.25) is 5.41 Å². The molecule has 0 saturated carbocycles. The molecule has 13 heteroatoms. The Morgan fingerprint density at radius 3 is 1.63 bits per heavy atom. The van der Waals surface area contributed by atoms with Crippen LogP contribution in [0.3, 0.4) is 0 Å². The fourth-order valence-electron chi connectivity index (χ4n) is 6.31. The van der Waals surface area contributed by atoms with Gasteiger partial charge in [-0.25, -0.2) is 4.40 Å². The Kier molecular flexibility index (Phi) is 8.73. The third kappa shape index (κ3) is 5.28. The lowest BCUT2D eigenvalue weighted by atomic mass is 9.91. The van der Waals surface area contributed by atoms with Crippen molar-refractivity contribution in [1.82, 2.24) is 9.13 Å². The lowest BCUT2D eigenvalue weighted by molar-refractivity contribution is 0.683. The van der Waals surface area contributed by atoms with Gasteiger partial charge in [-0.1, -0.05) is 13.8 Å². The Morgan fingerprint density at radius 2 is 1.22 bits per heavy atom. The molecule has 49 heavy (non-hydrogen) atoms. The van der Waals surface area contributed by atoms with Gasteiger partial charge in [0.2, 0.25) is 0 Å². The predicted octanol–water partition coefficient (Wildman–Crippen LogP) is 10.2. The van der Waals surface area contributed by atoms with Crippen LogP contribution in [-0.4, -0.2) is 20.6 Å². The molecule has 0 unspecified atom stereocenters. The molecule has 1 aliphatic rings. The maximum atomic E-state index is 10.00. The zero-order chi connectivity index (χ0) is 34.4. The minimum Gasteiger partial charge on any atom is -0.338 e. The first-order chi connectivity index (χ1) is 23.9. The highest BCUT2D eigenvalue weighted by atomic mass is 32.1. The van der Waals surface area contributed by atoms with Crippen LogP contribution in [0.5, 0.6) is 0 Å². The third-order valence-corrected chi connectivity index (χ3v) is 12.7. The largest absolute Gasteiger partial charge is 0.338 e. The number of aromatic nitrogens is 2. The fourth-order valence-corrected chi connectivity index (χ4v) is 10.4. The van der Waals surface area contributed by atoms with Crippen LogP contribution in [0.1, 0.15) is 67.1 Å². The van der Waals surface area contributed by atoms with E-state index in [1.165, 1.54) is 22.7 Å². The average Bonchev–Trinajstić information content (AvgIpc) is 3.95. The summed E-state index contributed by atoms with van der Waals surface area (Å²) in [7, 11) is 0. The van der Waals surface area contributed by atoms with Crippen molar-refractivity contribution in [3.05, 3.63) is 76.8 Å². The number of fused-ring (bicyclic) bond motifs is 7. The van der Waals surface area contributed by atoms with E-state index in [1.807, 2.05) is 18.2 Å². The molecule has 1 aliphatic carbocycles. The van der Waals surface area contributed by atoms with E-state index in [0.29, 0.717) is 32.3 Å². The number of hydrogen-bond acceptors (Lipinski definition) is 11. The monoisotopic (exact) mass is 728 g/mol. The van der Waals surface area contributed by atoms with Crippen molar-refractivity contribution < 1.29 is 0 Å². The van der Waals surface area contributed by atoms with Crippen LogP contribution in [0.15, 0.2) is 40.8 Å². The molecule has 6 heterocycles. The highest BCUT2D eigenvalue weighted by Gasteiger charge is 2.38. The summed E-state index contributed by atoms with van der Waals surface area (Å²) in [4.78, 5) is 4.40. The zero-order valence-electron chi connectivity index (χ0n) is 26.2. The fraction of sp³-hybridized carbons (Fsp3) is 0.167. The first-order valence-corrected chi connectivity index (χ1v) is 18.9. The van der Waals surface area contributed by atoms with Crippen LogP contribution in [0, 0.1) is 50.7 Å². The summed E-state index contributed by atoms with van der Waals surface area (Å²) in [5.74, 6) is 0. The normalized spacial score (nSPS) is 13.8. The molecule has 1 N–H and O–H groups in total. The second-order valence-corrected chi connectivity index (χ2v) is 15.7. The van der Waals surface area contributed by atoms with Crippen molar-refractivity contribution in [2.75, 3.05) is 0 Å². The van der Waals surface area contributed by atoms with Crippen molar-refractivity contribution in [2.45, 2.75) is 39.8 Å². The van der Waals surface area contributed by atoms with Gasteiger partial charge in [0.1, 0.15) is 39.7 Å². The predicted molar refractivity (Wildman–Crippen MR) is 207 cm³/mol. The quantitative estimate of drug-likeness (QED) is 0.119. The van der Waals surface area contributed by atoms with E-state index in [-0.39, 0.29) is 0 Å². The number of nitrogens with zero attached hydrogens (tertiary/aromatic N) is 7. The Hall–Kier alpha value is -4.99. The number of thiol groups is 1. The summed E-state index contributed by atoms with van der Waals surface area (Å²) in [5, 5.41) is 48.1. The molecule has 0 bridgehead atoms. The first-order valence-electron chi connectivity index (χ1n) is 15.3. The minimum atomic E-state index is 0.300. The lowest BCUT2D eigenvalue weighted by Crippen LogP contribution is -2.23. The molecule has 0 atom stereocenters. The minimum absolute atomic E-state index is 0.300. The standard InChI is InChI=1S/C36H24N8S5/c1-3-9-43-25-13-23(11-19(15-37)27-7-5-21(17-39)46-27)48-35(25)29-31(41)32(42-45)30-34(33(29)43)44(10-4-2)26-14-24(49-36(26)30)12-20(16-38)28-8-6-22(18-40)47-28/h5-8,11-14,41,45H,3-4,9-10H2,1-2H3/b19-11+,20-12+,41-31?,42-32-. The number of rotatable bonds is 8. The molecule has 0 aromatic carbocycles. The summed E-state index contributed by atoms with van der Waals surface area (Å²) >= 11 is 10.1. The van der Waals surface area contributed by atoms with Gasteiger partial charge in [0.25, 0.3) is 0 Å². The number of nitrogens with one attached hydrogen (secondary N) is 1. The molecule has 7 rings (SSSR count). The van der Waals surface area contributed by atoms with Crippen LogP contribution in [0.2, 0.25) is 0 Å². The van der Waals surface area contributed by atoms with Gasteiger partial charge in [-0.15, -0.1) is 45.3 Å². The molecule has 8 nitrogen and oxygen atoms in total. The Balaban J connectivity index is 1.44. The van der Waals surface area contributed by atoms with Crippen LogP contribution >= 0.6 is 58.2 Å². The highest BCUT2D eigenvalue weighted by Crippen LogP contribution is 2.49. The van der Waals surface area contributed by atoms with Gasteiger partial charge >= 0.3 is 0 Å². The number of aryl methyl sites for hydroxylation is 2. The summed E-state index contributed by atoms with van der Waals surface area (Å²) in [6, 6.07) is 20.2. The molecule has 0 spiro atoms. The molecular formula is C36H24N8S5. The van der Waals surface area contributed by atoms with E-state index in [0.717, 1.165) is 88.4 Å². The van der Waals surface area contributed by atoms with E-state index in [4.69, 9.17) is 0 Å². The van der Waals surface area contributed by atoms with Gasteiger partial charge in [0, 0.05) is 43.7 Å². The summed E-state index contributed by atoms with van der Waals surface area (Å²) < 4.78 is 11.0. The van der Waals surface area contributed by atoms with Crippen LogP contribution in [0.25, 0.3) is 55.1 Å². The third-order valence-electron chi connectivity index (χ3n) is 8.23. The molecule has 0 radical (unpaired) electrons. The molecule has 0 aliphatic heterocycles. The highest BCUT2D eigenvalue weighted by molar-refractivity contribution is 7.79. The van der Waals surface area contributed by atoms with E-state index < -0.39 is 0 Å². The van der Waals surface area contributed by atoms with Crippen LogP contribution < -0.4 is 0 Å². The SMILES string of the molecule is CCCn1c2c(c3sc(/C=C(\C#N)c4ccc(C#N)s4)cc31)C(=N)/C(=N\S)c1c-2n(CCC)c2cc(/C=C(\C#N)c3ccc(C#N)s3)sc12. The molecule has 0 amide bonds. The number of allylic oxidation sites excluding steroid dienone is 2. The number of nitriles is 4. The molecule has 6 aromatic rings. The van der Waals surface area contributed by atoms with Crippen molar-refractivity contribution in [1.29, 1.82) is 26.5 Å². The van der Waals surface area contributed by atoms with E-state index in [2.05, 4.69) is 76.6 Å². The molecule has 238 valence electrons. The number of hydrogen-bond donors (Lipinski definition) is 2. The van der Waals surface area contributed by atoms with Crippen LogP contribution in [0.4, 0.5) is 0 Å². The molecule has 6 aromatic heterocycles. The van der Waals surface area contributed by atoms with Crippen molar-refractivity contribution >= 4 is 113 Å². The van der Waals surface area contributed by atoms with Crippen molar-refractivity contribution in [3.63, 3.8) is 0 Å². The van der Waals surface area contributed by atoms with Gasteiger partial charge < -0.3 is 9.13 Å². The Labute approximate surface area is 303 Å². The first kappa shape index (κ1) is 32.6. The smallest absolute Gasteiger partial charge is 0.110 e. The summed E-state index contributed by atoms with van der Waals surface area (Å²) in [5.41, 5.74) is 7.51. The van der Waals surface area contributed by atoms with Gasteiger partial charge in [0.05, 0.1) is 48.7 Å². The summed E-state index contributed by atoms with van der Waals surface area (Å²) in [6.45, 7) is 5.77. The molecule has 0 saturated heterocycles. The Bertz CT molecular complexity index is 2610. The van der Waals surface area contributed by atoms with Gasteiger partial charge in [-0.2, -0.15) is 21.0 Å². The molecular weight excluding hydrogens is 705 g/mol. The maximum absolute atomic E-state index is 10.00. The Morgan fingerprint density at radius 1 is 0.755 bits per heavy atom. The maximum Gasteiger partial charge on any atom is 0.110 e. The van der Waals surface area contributed by atoms with E-state index in [1.54, 1.807) is 40.9 Å². The number of thiophene rings is 4. The zero-order valence-corrected chi connectivity index (χ0v) is 30.3. The van der Waals surface area contributed by atoms with Gasteiger partial charge in [-0.05, 0) is 74.2 Å². The summed E-state index contributed by atoms with van der Waals surface area (Å²) in [6.07, 6.45) is 5.50. The topological polar surface area (TPSA) is 141 Å². The van der Waals surface area contributed by atoms with Crippen molar-refractivity contribution in [2.24, 2.45) is 4.40 Å². The average molecular weight is 729 g/mol. The second kappa shape index (κ2) is 13.1. The van der Waals surface area contributed by atoms with Gasteiger partial charge in [0.15, 0.2) is 0 Å².